The number of hydrogen-bond donors (Lipinski definition) is 0. The summed E-state index contributed by atoms with van der Waals surface area (Å²) in [5.74, 6) is 0.505. The number of benzene rings is 1. The summed E-state index contributed by atoms with van der Waals surface area (Å²) < 4.78 is 32.6. The Balaban J connectivity index is 2.33. The van der Waals surface area contributed by atoms with Gasteiger partial charge in [-0.15, -0.1) is 0 Å². The first-order valence-corrected chi connectivity index (χ1v) is 9.57. The molecule has 1 aliphatic rings. The van der Waals surface area contributed by atoms with E-state index in [1.54, 1.807) is 30.0 Å². The SMILES string of the molecule is COc1cc(C)ccc1S(=O)(=O)N1CCN(CC(C)C)C(=O)C1C. The third kappa shape index (κ3) is 3.57. The number of carbonyl (C=O) groups is 1. The van der Waals surface area contributed by atoms with Gasteiger partial charge in [-0.2, -0.15) is 4.31 Å². The third-order valence-electron chi connectivity index (χ3n) is 4.18. The van der Waals surface area contributed by atoms with Crippen LogP contribution in [0.15, 0.2) is 23.1 Å². The standard InChI is InChI=1S/C17H26N2O4S/c1-12(2)11-18-8-9-19(14(4)17(18)20)24(21,22)16-7-6-13(3)10-15(16)23-5/h6-7,10,12,14H,8-9,11H2,1-5H3. The van der Waals surface area contributed by atoms with E-state index in [4.69, 9.17) is 4.74 Å². The number of carbonyl (C=O) groups excluding carboxylic acids is 1. The molecule has 1 aromatic carbocycles. The molecule has 0 aromatic heterocycles. The van der Waals surface area contributed by atoms with Gasteiger partial charge in [-0.25, -0.2) is 8.42 Å². The summed E-state index contributed by atoms with van der Waals surface area (Å²) in [6.45, 7) is 8.94. The van der Waals surface area contributed by atoms with E-state index in [0.29, 0.717) is 31.3 Å². The van der Waals surface area contributed by atoms with Crippen LogP contribution in [0, 0.1) is 12.8 Å². The molecule has 1 saturated heterocycles. The zero-order chi connectivity index (χ0) is 18.1. The summed E-state index contributed by atoms with van der Waals surface area (Å²) in [4.78, 5) is 14.4. The highest BCUT2D eigenvalue weighted by molar-refractivity contribution is 7.89. The fourth-order valence-electron chi connectivity index (χ4n) is 2.98. The quantitative estimate of drug-likeness (QED) is 0.810. The molecule has 1 atom stereocenters. The minimum Gasteiger partial charge on any atom is -0.495 e. The van der Waals surface area contributed by atoms with Gasteiger partial charge in [-0.1, -0.05) is 19.9 Å². The van der Waals surface area contributed by atoms with Gasteiger partial charge < -0.3 is 9.64 Å². The average molecular weight is 354 g/mol. The van der Waals surface area contributed by atoms with E-state index in [9.17, 15) is 13.2 Å². The lowest BCUT2D eigenvalue weighted by atomic mass is 10.1. The zero-order valence-electron chi connectivity index (χ0n) is 14.9. The second-order valence-corrected chi connectivity index (χ2v) is 8.48. The van der Waals surface area contributed by atoms with Crippen molar-refractivity contribution in [3.8, 4) is 5.75 Å². The van der Waals surface area contributed by atoms with Gasteiger partial charge in [0.25, 0.3) is 0 Å². The van der Waals surface area contributed by atoms with Gasteiger partial charge >= 0.3 is 0 Å². The Morgan fingerprint density at radius 2 is 1.96 bits per heavy atom. The molecule has 0 bridgehead atoms. The number of methoxy groups -OCH3 is 1. The highest BCUT2D eigenvalue weighted by Crippen LogP contribution is 2.30. The predicted molar refractivity (Wildman–Crippen MR) is 92.5 cm³/mol. The van der Waals surface area contributed by atoms with Gasteiger partial charge in [-0.3, -0.25) is 4.79 Å². The lowest BCUT2D eigenvalue weighted by molar-refractivity contribution is -0.138. The molecule has 1 aromatic rings. The van der Waals surface area contributed by atoms with Crippen LogP contribution in [0.3, 0.4) is 0 Å². The molecule has 7 heteroatoms. The molecule has 134 valence electrons. The average Bonchev–Trinajstić information content (AvgIpc) is 2.50. The smallest absolute Gasteiger partial charge is 0.247 e. The van der Waals surface area contributed by atoms with Crippen LogP contribution in [0.4, 0.5) is 0 Å². The van der Waals surface area contributed by atoms with Crippen LogP contribution < -0.4 is 4.74 Å². The first-order valence-electron chi connectivity index (χ1n) is 8.13. The van der Waals surface area contributed by atoms with Crippen molar-refractivity contribution in [3.63, 3.8) is 0 Å². The number of sulfonamides is 1. The first kappa shape index (κ1) is 18.7. The maximum absolute atomic E-state index is 13.0. The van der Waals surface area contributed by atoms with E-state index in [-0.39, 0.29) is 10.8 Å². The molecule has 0 saturated carbocycles. The number of rotatable bonds is 5. The van der Waals surface area contributed by atoms with Crippen molar-refractivity contribution in [1.29, 1.82) is 0 Å². The molecule has 0 aliphatic carbocycles. The molecule has 24 heavy (non-hydrogen) atoms. The Labute approximate surface area is 144 Å². The highest BCUT2D eigenvalue weighted by atomic mass is 32.2. The first-order chi connectivity index (χ1) is 11.2. The Hall–Kier alpha value is -1.60. The Morgan fingerprint density at radius 1 is 1.29 bits per heavy atom. The topological polar surface area (TPSA) is 66.9 Å². The minimum atomic E-state index is -3.79. The van der Waals surface area contributed by atoms with Gasteiger partial charge in [0.1, 0.15) is 16.7 Å². The van der Waals surface area contributed by atoms with Gasteiger partial charge in [0.15, 0.2) is 0 Å². The van der Waals surface area contributed by atoms with E-state index < -0.39 is 16.1 Å². The summed E-state index contributed by atoms with van der Waals surface area (Å²) >= 11 is 0. The summed E-state index contributed by atoms with van der Waals surface area (Å²) in [5.41, 5.74) is 0.914. The second kappa shape index (κ2) is 7.11. The normalized spacial score (nSPS) is 19.8. The fourth-order valence-corrected chi connectivity index (χ4v) is 4.69. The van der Waals surface area contributed by atoms with Gasteiger partial charge in [0.2, 0.25) is 15.9 Å². The van der Waals surface area contributed by atoms with Crippen molar-refractivity contribution >= 4 is 15.9 Å². The summed E-state index contributed by atoms with van der Waals surface area (Å²) in [6.07, 6.45) is 0. The van der Waals surface area contributed by atoms with Crippen LogP contribution in [0.25, 0.3) is 0 Å². The molecular formula is C17H26N2O4S. The number of ether oxygens (including phenoxy) is 1. The van der Waals surface area contributed by atoms with Crippen molar-refractivity contribution in [2.45, 2.75) is 38.6 Å². The van der Waals surface area contributed by atoms with Crippen molar-refractivity contribution in [2.24, 2.45) is 5.92 Å². The fraction of sp³-hybridized carbons (Fsp3) is 0.588. The molecular weight excluding hydrogens is 328 g/mol. The van der Waals surface area contributed by atoms with Crippen LogP contribution in [0.2, 0.25) is 0 Å². The van der Waals surface area contributed by atoms with Crippen LogP contribution in [0.5, 0.6) is 5.75 Å². The van der Waals surface area contributed by atoms with E-state index in [0.717, 1.165) is 5.56 Å². The number of nitrogens with zero attached hydrogens (tertiary/aromatic N) is 2. The molecule has 1 aliphatic heterocycles. The lowest BCUT2D eigenvalue weighted by Gasteiger charge is -2.39. The number of piperazine rings is 1. The maximum Gasteiger partial charge on any atom is 0.247 e. The molecule has 1 unspecified atom stereocenters. The Bertz CT molecular complexity index is 715. The molecule has 1 heterocycles. The second-order valence-electron chi connectivity index (χ2n) is 6.62. The van der Waals surface area contributed by atoms with Crippen molar-refractivity contribution in [2.75, 3.05) is 26.7 Å². The molecule has 6 nitrogen and oxygen atoms in total. The Morgan fingerprint density at radius 3 is 2.54 bits per heavy atom. The van der Waals surface area contributed by atoms with Gasteiger partial charge in [0.05, 0.1) is 7.11 Å². The summed E-state index contributed by atoms with van der Waals surface area (Å²) in [5, 5.41) is 0. The molecule has 1 fully saturated rings. The largest absolute Gasteiger partial charge is 0.495 e. The van der Waals surface area contributed by atoms with Crippen molar-refractivity contribution < 1.29 is 17.9 Å². The van der Waals surface area contributed by atoms with Crippen LogP contribution >= 0.6 is 0 Å². The maximum atomic E-state index is 13.0. The number of aryl methyl sites for hydroxylation is 1. The molecule has 0 spiro atoms. The minimum absolute atomic E-state index is 0.104. The lowest BCUT2D eigenvalue weighted by Crippen LogP contribution is -2.57. The number of hydrogen-bond acceptors (Lipinski definition) is 4. The molecule has 1 amide bonds. The van der Waals surface area contributed by atoms with Crippen LogP contribution in [0.1, 0.15) is 26.3 Å². The van der Waals surface area contributed by atoms with Crippen molar-refractivity contribution in [1.82, 2.24) is 9.21 Å². The van der Waals surface area contributed by atoms with E-state index >= 15 is 0 Å². The van der Waals surface area contributed by atoms with Crippen molar-refractivity contribution in [3.05, 3.63) is 23.8 Å². The van der Waals surface area contributed by atoms with Gasteiger partial charge in [-0.05, 0) is 37.5 Å². The third-order valence-corrected chi connectivity index (χ3v) is 6.19. The summed E-state index contributed by atoms with van der Waals surface area (Å²) in [7, 11) is -2.35. The highest BCUT2D eigenvalue weighted by Gasteiger charge is 2.40. The monoisotopic (exact) mass is 354 g/mol. The Kier molecular flexibility index (Phi) is 5.55. The predicted octanol–water partition coefficient (Wildman–Crippen LogP) is 1.88. The van der Waals surface area contributed by atoms with E-state index in [2.05, 4.69) is 0 Å². The zero-order valence-corrected chi connectivity index (χ0v) is 15.8. The van der Waals surface area contributed by atoms with Gasteiger partial charge in [0, 0.05) is 19.6 Å². The number of amides is 1. The molecule has 2 rings (SSSR count). The molecule has 0 radical (unpaired) electrons. The van der Waals surface area contributed by atoms with Crippen LogP contribution in [-0.4, -0.2) is 56.3 Å². The van der Waals surface area contributed by atoms with E-state index in [1.807, 2.05) is 20.8 Å². The summed E-state index contributed by atoms with van der Waals surface area (Å²) in [6, 6.07) is 4.25. The van der Waals surface area contributed by atoms with Crippen LogP contribution in [-0.2, 0) is 14.8 Å². The molecule has 0 N–H and O–H groups in total. The van der Waals surface area contributed by atoms with E-state index in [1.165, 1.54) is 11.4 Å².